The van der Waals surface area contributed by atoms with Gasteiger partial charge in [0.2, 0.25) is 5.91 Å². The van der Waals surface area contributed by atoms with Gasteiger partial charge in [-0.05, 0) is 87.5 Å². The third-order valence-electron chi connectivity index (χ3n) is 9.46. The van der Waals surface area contributed by atoms with E-state index in [9.17, 15) is 18.0 Å². The van der Waals surface area contributed by atoms with Gasteiger partial charge in [-0.3, -0.25) is 9.69 Å². The first-order valence-electron chi connectivity index (χ1n) is 16.2. The van der Waals surface area contributed by atoms with Crippen LogP contribution in [0.3, 0.4) is 0 Å². The number of nitrogens with one attached hydrogen (secondary N) is 2. The number of anilines is 2. The summed E-state index contributed by atoms with van der Waals surface area (Å²) in [6.45, 7) is 5.37. The molecule has 1 atom stereocenters. The Morgan fingerprint density at radius 1 is 0.891 bits per heavy atom. The highest BCUT2D eigenvalue weighted by Crippen LogP contribution is 2.41. The van der Waals surface area contributed by atoms with Crippen LogP contribution in [-0.2, 0) is 28.0 Å². The van der Waals surface area contributed by atoms with Crippen molar-refractivity contribution < 1.29 is 18.0 Å². The molecule has 0 bridgehead atoms. The standard InChI is InChI=1S/C32H43Cl2N7O4S/c1-37-14-16-38(17-15-37)32(43)36-46(44,45)35-12-4-6-23-20-27(34)24(21-26(23)33)22-39-13-5-9-30(39)31(42)41-19-18-40(25-10-11-25)28-7-2-3-8-29(28)41/h2-3,7-8,20-21,25,30,35H,4-6,9-19,22H2,1H3,(H,36,43)/t30-/m0/s1. The number of benzene rings is 2. The number of likely N-dealkylation sites (N-methyl/N-ethyl adjacent to an activating group) is 1. The second kappa shape index (κ2) is 14.2. The van der Waals surface area contributed by atoms with Crippen molar-refractivity contribution in [1.29, 1.82) is 0 Å². The summed E-state index contributed by atoms with van der Waals surface area (Å²) in [7, 11) is -2.02. The van der Waals surface area contributed by atoms with Gasteiger partial charge in [-0.25, -0.2) is 9.52 Å². The lowest BCUT2D eigenvalue weighted by Gasteiger charge is -2.40. The fraction of sp³-hybridized carbons (Fsp3) is 0.562. The smallest absolute Gasteiger partial charge is 0.332 e. The summed E-state index contributed by atoms with van der Waals surface area (Å²) in [6, 6.07) is 11.7. The fourth-order valence-corrected chi connectivity index (χ4v) is 8.10. The van der Waals surface area contributed by atoms with Crippen molar-refractivity contribution in [3.05, 3.63) is 57.6 Å². The number of aryl methyl sites for hydroxylation is 1. The normalized spacial score (nSPS) is 21.0. The zero-order valence-electron chi connectivity index (χ0n) is 26.3. The molecule has 0 spiro atoms. The molecule has 6 rings (SSSR count). The number of rotatable bonds is 10. The minimum Gasteiger partial charge on any atom is -0.365 e. The molecule has 11 nitrogen and oxygen atoms in total. The molecule has 3 aliphatic heterocycles. The third-order valence-corrected chi connectivity index (χ3v) is 11.2. The summed E-state index contributed by atoms with van der Waals surface area (Å²) in [4.78, 5) is 36.5. The van der Waals surface area contributed by atoms with Crippen LogP contribution in [0.1, 0.15) is 43.2 Å². The van der Waals surface area contributed by atoms with Crippen LogP contribution in [0.4, 0.5) is 16.2 Å². The summed E-state index contributed by atoms with van der Waals surface area (Å²) in [5.41, 5.74) is 3.84. The fourth-order valence-electron chi connectivity index (χ4n) is 6.72. The number of carbonyl (C=O) groups excluding carboxylic acids is 2. The first kappa shape index (κ1) is 33.3. The maximum Gasteiger partial charge on any atom is 0.332 e. The summed E-state index contributed by atoms with van der Waals surface area (Å²) in [5, 5.41) is 1.12. The Bertz CT molecular complexity index is 1550. The third kappa shape index (κ3) is 7.74. The van der Waals surface area contributed by atoms with E-state index in [4.69, 9.17) is 23.2 Å². The van der Waals surface area contributed by atoms with E-state index in [0.717, 1.165) is 48.4 Å². The van der Waals surface area contributed by atoms with E-state index in [2.05, 4.69) is 36.3 Å². The van der Waals surface area contributed by atoms with Gasteiger partial charge in [-0.2, -0.15) is 13.1 Å². The van der Waals surface area contributed by atoms with Gasteiger partial charge >= 0.3 is 16.2 Å². The average Bonchev–Trinajstić information content (AvgIpc) is 3.78. The van der Waals surface area contributed by atoms with Gasteiger partial charge in [-0.1, -0.05) is 35.3 Å². The number of hydrogen-bond acceptors (Lipinski definition) is 7. The first-order valence-corrected chi connectivity index (χ1v) is 18.5. The van der Waals surface area contributed by atoms with Crippen molar-refractivity contribution in [2.75, 3.05) is 69.2 Å². The first-order chi connectivity index (χ1) is 22.1. The molecule has 14 heteroatoms. The Morgan fingerprint density at radius 2 is 1.59 bits per heavy atom. The maximum absolute atomic E-state index is 14.0. The lowest BCUT2D eigenvalue weighted by Crippen LogP contribution is -2.53. The molecule has 2 saturated heterocycles. The van der Waals surface area contributed by atoms with Crippen molar-refractivity contribution in [3.63, 3.8) is 0 Å². The maximum atomic E-state index is 14.0. The quantitative estimate of drug-likeness (QED) is 0.366. The molecule has 250 valence electrons. The van der Waals surface area contributed by atoms with Crippen LogP contribution in [0.5, 0.6) is 0 Å². The number of halogens is 2. The van der Waals surface area contributed by atoms with E-state index in [0.29, 0.717) is 68.2 Å². The highest BCUT2D eigenvalue weighted by molar-refractivity contribution is 7.88. The number of urea groups is 1. The summed E-state index contributed by atoms with van der Waals surface area (Å²) >= 11 is 13.4. The molecule has 0 unspecified atom stereocenters. The van der Waals surface area contributed by atoms with Gasteiger partial charge in [0.05, 0.1) is 17.4 Å². The topological polar surface area (TPSA) is 109 Å². The van der Waals surface area contributed by atoms with Gasteiger partial charge in [0.15, 0.2) is 0 Å². The van der Waals surface area contributed by atoms with Crippen molar-refractivity contribution in [2.45, 2.75) is 57.2 Å². The van der Waals surface area contributed by atoms with Gasteiger partial charge in [0.25, 0.3) is 0 Å². The van der Waals surface area contributed by atoms with E-state index in [-0.39, 0.29) is 18.5 Å². The summed E-state index contributed by atoms with van der Waals surface area (Å²) in [6.07, 6.45) is 5.16. The van der Waals surface area contributed by atoms with E-state index >= 15 is 0 Å². The van der Waals surface area contributed by atoms with Crippen LogP contribution in [0, 0.1) is 0 Å². The Hall–Kier alpha value is -2.61. The molecule has 1 aliphatic carbocycles. The van der Waals surface area contributed by atoms with Gasteiger partial charge in [0, 0.05) is 68.4 Å². The molecule has 46 heavy (non-hydrogen) atoms. The predicted molar refractivity (Wildman–Crippen MR) is 182 cm³/mol. The summed E-state index contributed by atoms with van der Waals surface area (Å²) < 4.78 is 29.4. The molecule has 3 heterocycles. The molecule has 2 N–H and O–H groups in total. The molecule has 3 fully saturated rings. The number of likely N-dealkylation sites (tertiary alicyclic amines) is 1. The Labute approximate surface area is 281 Å². The number of nitrogens with zero attached hydrogens (tertiary/aromatic N) is 5. The zero-order chi connectivity index (χ0) is 32.4. The van der Waals surface area contributed by atoms with Crippen LogP contribution in [-0.4, -0.2) is 107 Å². The molecule has 3 amide bonds. The minimum absolute atomic E-state index is 0.136. The van der Waals surface area contributed by atoms with E-state index in [1.807, 2.05) is 36.2 Å². The van der Waals surface area contributed by atoms with Crippen molar-refractivity contribution in [2.24, 2.45) is 0 Å². The van der Waals surface area contributed by atoms with Crippen LogP contribution in [0.2, 0.25) is 10.0 Å². The molecule has 2 aromatic rings. The van der Waals surface area contributed by atoms with E-state index in [1.54, 1.807) is 0 Å². The van der Waals surface area contributed by atoms with Crippen LogP contribution in [0.15, 0.2) is 36.4 Å². The average molecular weight is 693 g/mol. The van der Waals surface area contributed by atoms with Gasteiger partial charge < -0.3 is 19.6 Å². The number of carbonyl (C=O) groups is 2. The Balaban J connectivity index is 1.02. The molecule has 0 aromatic heterocycles. The molecule has 2 aromatic carbocycles. The van der Waals surface area contributed by atoms with Crippen LogP contribution in [0.25, 0.3) is 0 Å². The van der Waals surface area contributed by atoms with Gasteiger partial charge in [0.1, 0.15) is 0 Å². The molecular weight excluding hydrogens is 649 g/mol. The molecule has 4 aliphatic rings. The highest BCUT2D eigenvalue weighted by Gasteiger charge is 2.39. The largest absolute Gasteiger partial charge is 0.365 e. The lowest BCUT2D eigenvalue weighted by atomic mass is 10.1. The molecular formula is C32H43Cl2N7O4S. The predicted octanol–water partition coefficient (Wildman–Crippen LogP) is 3.70. The molecule has 0 radical (unpaired) electrons. The number of fused-ring (bicyclic) bond motifs is 1. The minimum atomic E-state index is -3.98. The number of amides is 3. The Morgan fingerprint density at radius 3 is 2.33 bits per heavy atom. The Kier molecular flexibility index (Phi) is 10.3. The highest BCUT2D eigenvalue weighted by atomic mass is 35.5. The lowest BCUT2D eigenvalue weighted by molar-refractivity contribution is -0.123. The number of hydrogen-bond donors (Lipinski definition) is 2. The second-order valence-corrected chi connectivity index (χ2v) is 15.1. The number of para-hydroxylation sites is 2. The van der Waals surface area contributed by atoms with Crippen molar-refractivity contribution in [1.82, 2.24) is 24.1 Å². The monoisotopic (exact) mass is 691 g/mol. The second-order valence-electron chi connectivity index (χ2n) is 12.8. The van der Waals surface area contributed by atoms with E-state index < -0.39 is 16.2 Å². The number of piperazine rings is 1. The van der Waals surface area contributed by atoms with E-state index in [1.165, 1.54) is 17.7 Å². The van der Waals surface area contributed by atoms with Crippen molar-refractivity contribution in [3.8, 4) is 0 Å². The van der Waals surface area contributed by atoms with Crippen LogP contribution < -0.4 is 19.2 Å². The summed E-state index contributed by atoms with van der Waals surface area (Å²) in [5.74, 6) is 0.140. The SMILES string of the molecule is CN1CCN(C(=O)NS(=O)(=O)NCCCc2cc(Cl)c(CN3CCC[C@H]3C(=O)N3CCN(C4CC4)c4ccccc43)cc2Cl)CC1. The zero-order valence-corrected chi connectivity index (χ0v) is 28.6. The van der Waals surface area contributed by atoms with Crippen LogP contribution >= 0.6 is 23.2 Å². The van der Waals surface area contributed by atoms with Gasteiger partial charge in [-0.15, -0.1) is 0 Å². The molecule has 1 saturated carbocycles. The van der Waals surface area contributed by atoms with Crippen molar-refractivity contribution >= 4 is 56.7 Å².